The molecule has 2 aliphatic heterocycles. The Labute approximate surface area is 141 Å². The monoisotopic (exact) mass is 328 g/mol. The number of aromatic nitrogens is 2. The summed E-state index contributed by atoms with van der Waals surface area (Å²) in [6, 6.07) is 7.53. The fraction of sp³-hybridized carbons (Fsp3) is 0.556. The number of nitrogens with zero attached hydrogens (tertiary/aromatic N) is 3. The van der Waals surface area contributed by atoms with Crippen molar-refractivity contribution in [2.75, 3.05) is 50.8 Å². The molecule has 2 aliphatic rings. The largest absolute Gasteiger partial charge is 0.379 e. The number of nitrogens with one attached hydrogen (secondary N) is 1. The van der Waals surface area contributed by atoms with Crippen LogP contribution in [-0.2, 0) is 4.74 Å². The van der Waals surface area contributed by atoms with Crippen molar-refractivity contribution in [1.82, 2.24) is 14.9 Å². The molecule has 1 aromatic heterocycles. The van der Waals surface area contributed by atoms with E-state index in [0.717, 1.165) is 57.9 Å². The molecule has 2 saturated heterocycles. The van der Waals surface area contributed by atoms with Crippen LogP contribution < -0.4 is 10.5 Å². The zero-order chi connectivity index (χ0) is 16.4. The number of rotatable bonds is 3. The summed E-state index contributed by atoms with van der Waals surface area (Å²) in [5.74, 6) is 1.33. The van der Waals surface area contributed by atoms with E-state index in [0.29, 0.717) is 17.3 Å². The first-order valence-electron chi connectivity index (χ1n) is 8.84. The number of hydrogen-bond acceptors (Lipinski definition) is 5. The number of morpholine rings is 1. The predicted molar refractivity (Wildman–Crippen MR) is 94.6 cm³/mol. The highest BCUT2D eigenvalue weighted by Gasteiger charge is 2.24. The van der Waals surface area contributed by atoms with Gasteiger partial charge in [0.2, 0.25) is 5.95 Å². The molecule has 1 N–H and O–H groups in total. The summed E-state index contributed by atoms with van der Waals surface area (Å²) in [6.07, 6.45) is 2.39. The average Bonchev–Trinajstić information content (AvgIpc) is 2.63. The molecule has 0 bridgehead atoms. The Hall–Kier alpha value is -1.92. The molecule has 0 amide bonds. The molecule has 1 aromatic carbocycles. The van der Waals surface area contributed by atoms with E-state index in [1.807, 2.05) is 24.3 Å². The van der Waals surface area contributed by atoms with Gasteiger partial charge >= 0.3 is 0 Å². The molecule has 2 fully saturated rings. The van der Waals surface area contributed by atoms with Crippen LogP contribution in [0.2, 0.25) is 0 Å². The number of benzene rings is 1. The van der Waals surface area contributed by atoms with Crippen molar-refractivity contribution in [2.24, 2.45) is 5.92 Å². The highest BCUT2D eigenvalue weighted by atomic mass is 16.5. The molecule has 24 heavy (non-hydrogen) atoms. The van der Waals surface area contributed by atoms with Gasteiger partial charge in [-0.15, -0.1) is 0 Å². The second kappa shape index (κ2) is 6.91. The number of piperidine rings is 1. The number of para-hydroxylation sites is 1. The topological polar surface area (TPSA) is 61.5 Å². The zero-order valence-electron chi connectivity index (χ0n) is 13.9. The Bertz CT molecular complexity index is 754. The molecule has 6 nitrogen and oxygen atoms in total. The van der Waals surface area contributed by atoms with Crippen LogP contribution in [0.3, 0.4) is 0 Å². The molecule has 128 valence electrons. The number of anilines is 1. The van der Waals surface area contributed by atoms with Crippen molar-refractivity contribution in [2.45, 2.75) is 12.8 Å². The summed E-state index contributed by atoms with van der Waals surface area (Å²) in [7, 11) is 0. The Balaban J connectivity index is 1.50. The molecule has 3 heterocycles. The van der Waals surface area contributed by atoms with Crippen LogP contribution in [0.25, 0.3) is 10.9 Å². The summed E-state index contributed by atoms with van der Waals surface area (Å²) in [5.41, 5.74) is 0.720. The van der Waals surface area contributed by atoms with E-state index in [1.54, 1.807) is 0 Å². The number of aromatic amines is 1. The standard InChI is InChI=1S/C18H24N4O2/c23-17-15-5-1-2-6-16(15)19-18(20-17)22-7-3-4-14(13-22)12-21-8-10-24-11-9-21/h1-2,5-6,14H,3-4,7-13H2,(H,19,20,23). The van der Waals surface area contributed by atoms with Gasteiger partial charge in [-0.3, -0.25) is 14.7 Å². The lowest BCUT2D eigenvalue weighted by Crippen LogP contribution is -2.45. The first-order chi connectivity index (χ1) is 11.8. The van der Waals surface area contributed by atoms with E-state index >= 15 is 0 Å². The van der Waals surface area contributed by atoms with Gasteiger partial charge in [-0.1, -0.05) is 12.1 Å². The van der Waals surface area contributed by atoms with Crippen LogP contribution in [0.5, 0.6) is 0 Å². The summed E-state index contributed by atoms with van der Waals surface area (Å²) in [5, 5.41) is 0.656. The second-order valence-corrected chi connectivity index (χ2v) is 6.77. The Morgan fingerprint density at radius 1 is 1.21 bits per heavy atom. The van der Waals surface area contributed by atoms with Crippen LogP contribution in [0, 0.1) is 5.92 Å². The lowest BCUT2D eigenvalue weighted by atomic mass is 9.97. The molecule has 1 unspecified atom stereocenters. The second-order valence-electron chi connectivity index (χ2n) is 6.77. The maximum Gasteiger partial charge on any atom is 0.260 e. The zero-order valence-corrected chi connectivity index (χ0v) is 13.9. The van der Waals surface area contributed by atoms with Gasteiger partial charge in [0.1, 0.15) is 0 Å². The molecule has 2 aromatic rings. The summed E-state index contributed by atoms with van der Waals surface area (Å²) >= 11 is 0. The van der Waals surface area contributed by atoms with Gasteiger partial charge in [-0.05, 0) is 30.9 Å². The molecular weight excluding hydrogens is 304 g/mol. The van der Waals surface area contributed by atoms with Gasteiger partial charge in [0.15, 0.2) is 0 Å². The van der Waals surface area contributed by atoms with E-state index in [1.165, 1.54) is 6.42 Å². The first kappa shape index (κ1) is 15.6. The van der Waals surface area contributed by atoms with Crippen LogP contribution in [-0.4, -0.2) is 60.8 Å². The number of ether oxygens (including phenoxy) is 1. The molecule has 6 heteroatoms. The van der Waals surface area contributed by atoms with Gasteiger partial charge in [-0.25, -0.2) is 4.98 Å². The van der Waals surface area contributed by atoms with Crippen molar-refractivity contribution in [3.63, 3.8) is 0 Å². The molecular formula is C18H24N4O2. The molecule has 0 aliphatic carbocycles. The first-order valence-corrected chi connectivity index (χ1v) is 8.84. The smallest absolute Gasteiger partial charge is 0.260 e. The van der Waals surface area contributed by atoms with Gasteiger partial charge in [-0.2, -0.15) is 0 Å². The molecule has 0 spiro atoms. The predicted octanol–water partition coefficient (Wildman–Crippen LogP) is 1.47. The van der Waals surface area contributed by atoms with Gasteiger partial charge in [0.05, 0.1) is 24.1 Å². The normalized spacial score (nSPS) is 22.8. The highest BCUT2D eigenvalue weighted by molar-refractivity contribution is 5.78. The van der Waals surface area contributed by atoms with Crippen molar-refractivity contribution >= 4 is 16.9 Å². The Morgan fingerprint density at radius 2 is 2.04 bits per heavy atom. The van der Waals surface area contributed by atoms with E-state index in [-0.39, 0.29) is 5.56 Å². The van der Waals surface area contributed by atoms with Gasteiger partial charge < -0.3 is 9.64 Å². The number of fused-ring (bicyclic) bond motifs is 1. The van der Waals surface area contributed by atoms with Crippen molar-refractivity contribution < 1.29 is 4.74 Å². The third-order valence-corrected chi connectivity index (χ3v) is 5.04. The maximum atomic E-state index is 12.3. The van der Waals surface area contributed by atoms with E-state index in [9.17, 15) is 4.79 Å². The summed E-state index contributed by atoms with van der Waals surface area (Å²) < 4.78 is 5.43. The van der Waals surface area contributed by atoms with Crippen LogP contribution in [0.1, 0.15) is 12.8 Å². The SMILES string of the molecule is O=c1[nH]c(N2CCCC(CN3CCOCC3)C2)nc2ccccc12. The van der Waals surface area contributed by atoms with Gasteiger partial charge in [0, 0.05) is 32.7 Å². The lowest BCUT2D eigenvalue weighted by Gasteiger charge is -2.37. The van der Waals surface area contributed by atoms with E-state index in [2.05, 4.69) is 19.8 Å². The van der Waals surface area contributed by atoms with Crippen LogP contribution in [0.4, 0.5) is 5.95 Å². The van der Waals surface area contributed by atoms with Crippen LogP contribution >= 0.6 is 0 Å². The van der Waals surface area contributed by atoms with E-state index in [4.69, 9.17) is 4.74 Å². The molecule has 0 saturated carbocycles. The number of H-pyrrole nitrogens is 1. The van der Waals surface area contributed by atoms with E-state index < -0.39 is 0 Å². The minimum Gasteiger partial charge on any atom is -0.379 e. The summed E-state index contributed by atoms with van der Waals surface area (Å²) in [4.78, 5) is 24.7. The minimum atomic E-state index is -0.0501. The molecule has 4 rings (SSSR count). The third-order valence-electron chi connectivity index (χ3n) is 5.04. The Kier molecular flexibility index (Phi) is 4.49. The lowest BCUT2D eigenvalue weighted by molar-refractivity contribution is 0.0296. The fourth-order valence-corrected chi connectivity index (χ4v) is 3.78. The average molecular weight is 328 g/mol. The molecule has 0 radical (unpaired) electrons. The van der Waals surface area contributed by atoms with Crippen molar-refractivity contribution in [1.29, 1.82) is 0 Å². The third kappa shape index (κ3) is 3.30. The number of hydrogen-bond donors (Lipinski definition) is 1. The maximum absolute atomic E-state index is 12.3. The van der Waals surface area contributed by atoms with Gasteiger partial charge in [0.25, 0.3) is 5.56 Å². The van der Waals surface area contributed by atoms with Crippen molar-refractivity contribution in [3.05, 3.63) is 34.6 Å². The minimum absolute atomic E-state index is 0.0501. The molecule has 1 atom stereocenters. The Morgan fingerprint density at radius 3 is 2.92 bits per heavy atom. The highest BCUT2D eigenvalue weighted by Crippen LogP contribution is 2.22. The summed E-state index contributed by atoms with van der Waals surface area (Å²) in [6.45, 7) is 6.77. The fourth-order valence-electron chi connectivity index (χ4n) is 3.78. The quantitative estimate of drug-likeness (QED) is 0.924. The van der Waals surface area contributed by atoms with Crippen LogP contribution in [0.15, 0.2) is 29.1 Å². The van der Waals surface area contributed by atoms with Crippen molar-refractivity contribution in [3.8, 4) is 0 Å².